The van der Waals surface area contributed by atoms with E-state index in [0.29, 0.717) is 22.0 Å². The van der Waals surface area contributed by atoms with Gasteiger partial charge in [-0.3, -0.25) is 15.6 Å². The fraction of sp³-hybridized carbons (Fsp3) is 0.0769. The van der Waals surface area contributed by atoms with Gasteiger partial charge >= 0.3 is 0 Å². The quantitative estimate of drug-likeness (QED) is 0.583. The van der Waals surface area contributed by atoms with Crippen LogP contribution in [0.4, 0.5) is 11.4 Å². The number of nitrogens with zero attached hydrogens (tertiary/aromatic N) is 1. The fourth-order valence-corrected chi connectivity index (χ4v) is 2.06. The predicted molar refractivity (Wildman–Crippen MR) is 83.9 cm³/mol. The van der Waals surface area contributed by atoms with Gasteiger partial charge in [0.1, 0.15) is 0 Å². The van der Waals surface area contributed by atoms with Crippen LogP contribution in [-0.2, 0) is 0 Å². The number of rotatable bonds is 3. The molecule has 0 spiro atoms. The average Bonchev–Trinajstić information content (AvgIpc) is 2.42. The van der Waals surface area contributed by atoms with Gasteiger partial charge in [-0.15, -0.1) is 0 Å². The third-order valence-corrected chi connectivity index (χ3v) is 3.85. The third-order valence-electron chi connectivity index (χ3n) is 2.62. The van der Waals surface area contributed by atoms with Gasteiger partial charge in [-0.05, 0) is 47.1 Å². The van der Waals surface area contributed by atoms with Gasteiger partial charge in [0, 0.05) is 22.1 Å². The number of aromatic nitrogens is 1. The smallest absolute Gasteiger partial charge is 0.259 e. The van der Waals surface area contributed by atoms with Crippen molar-refractivity contribution in [2.75, 3.05) is 10.7 Å². The van der Waals surface area contributed by atoms with Crippen molar-refractivity contribution in [3.05, 3.63) is 51.2 Å². The van der Waals surface area contributed by atoms with Gasteiger partial charge in [0.25, 0.3) is 5.91 Å². The van der Waals surface area contributed by atoms with Crippen molar-refractivity contribution in [1.29, 1.82) is 0 Å². The van der Waals surface area contributed by atoms with Crippen LogP contribution in [0.1, 0.15) is 16.1 Å². The number of nitrogens with one attached hydrogen (secondary N) is 2. The number of amides is 1. The molecule has 4 N–H and O–H groups in total. The van der Waals surface area contributed by atoms with E-state index in [4.69, 9.17) is 17.4 Å². The highest BCUT2D eigenvalue weighted by atomic mass is 79.9. The Hall–Kier alpha value is -1.63. The zero-order valence-corrected chi connectivity index (χ0v) is 12.9. The topological polar surface area (TPSA) is 80.0 Å². The molecule has 0 radical (unpaired) electrons. The van der Waals surface area contributed by atoms with E-state index in [-0.39, 0.29) is 5.91 Å². The summed E-state index contributed by atoms with van der Waals surface area (Å²) < 4.78 is 0.762. The van der Waals surface area contributed by atoms with Crippen LogP contribution < -0.4 is 16.6 Å². The lowest BCUT2D eigenvalue weighted by molar-refractivity contribution is 0.102. The Morgan fingerprint density at radius 2 is 2.15 bits per heavy atom. The number of pyridine rings is 1. The van der Waals surface area contributed by atoms with Crippen LogP contribution in [-0.4, -0.2) is 10.9 Å². The Balaban J connectivity index is 2.25. The highest BCUT2D eigenvalue weighted by Crippen LogP contribution is 2.26. The van der Waals surface area contributed by atoms with Crippen molar-refractivity contribution >= 4 is 44.8 Å². The van der Waals surface area contributed by atoms with Gasteiger partial charge in [0.2, 0.25) is 0 Å². The number of nitrogen functional groups attached to an aromatic ring is 1. The second kappa shape index (κ2) is 6.21. The largest absolute Gasteiger partial charge is 0.323 e. The first-order chi connectivity index (χ1) is 9.51. The van der Waals surface area contributed by atoms with Gasteiger partial charge < -0.3 is 10.7 Å². The fourth-order valence-electron chi connectivity index (χ4n) is 1.63. The van der Waals surface area contributed by atoms with Crippen LogP contribution in [0.15, 0.2) is 34.9 Å². The summed E-state index contributed by atoms with van der Waals surface area (Å²) >= 11 is 9.27. The van der Waals surface area contributed by atoms with Gasteiger partial charge in [0.05, 0.1) is 16.3 Å². The molecule has 1 aromatic carbocycles. The minimum atomic E-state index is -0.316. The Morgan fingerprint density at radius 3 is 2.80 bits per heavy atom. The second-order valence-electron chi connectivity index (χ2n) is 4.10. The van der Waals surface area contributed by atoms with Gasteiger partial charge in [-0.1, -0.05) is 11.6 Å². The molecule has 104 valence electrons. The average molecular weight is 356 g/mol. The molecule has 1 heterocycles. The van der Waals surface area contributed by atoms with E-state index in [9.17, 15) is 4.79 Å². The molecule has 20 heavy (non-hydrogen) atoms. The summed E-state index contributed by atoms with van der Waals surface area (Å²) in [6.45, 7) is 1.82. The second-order valence-corrected chi connectivity index (χ2v) is 5.36. The van der Waals surface area contributed by atoms with Crippen LogP contribution >= 0.6 is 27.5 Å². The molecule has 7 heteroatoms. The van der Waals surface area contributed by atoms with Crippen molar-refractivity contribution in [2.24, 2.45) is 5.84 Å². The molecule has 0 saturated carbocycles. The summed E-state index contributed by atoms with van der Waals surface area (Å²) in [5.41, 5.74) is 4.71. The van der Waals surface area contributed by atoms with Crippen LogP contribution in [0, 0.1) is 6.92 Å². The number of benzene rings is 1. The van der Waals surface area contributed by atoms with E-state index in [1.165, 1.54) is 6.20 Å². The number of carbonyl (C=O) groups is 1. The molecule has 0 unspecified atom stereocenters. The van der Waals surface area contributed by atoms with E-state index >= 15 is 0 Å². The zero-order valence-electron chi connectivity index (χ0n) is 10.6. The minimum absolute atomic E-state index is 0.316. The molecule has 0 aliphatic rings. The lowest BCUT2D eigenvalue weighted by atomic mass is 10.2. The van der Waals surface area contributed by atoms with Crippen molar-refractivity contribution in [3.8, 4) is 0 Å². The molecule has 0 aliphatic heterocycles. The third kappa shape index (κ3) is 3.27. The van der Waals surface area contributed by atoms with Crippen LogP contribution in [0.2, 0.25) is 5.02 Å². The number of hydrogen-bond donors (Lipinski definition) is 3. The SMILES string of the molecule is Cc1cc(NN)c(C(=O)Nc2ccc(Br)c(Cl)c2)cn1. The highest BCUT2D eigenvalue weighted by molar-refractivity contribution is 9.10. The summed E-state index contributed by atoms with van der Waals surface area (Å²) in [5.74, 6) is 5.09. The molecule has 1 aromatic heterocycles. The first-order valence-corrected chi connectivity index (χ1v) is 6.88. The number of hydrazine groups is 1. The molecule has 0 bridgehead atoms. The van der Waals surface area contributed by atoms with Crippen molar-refractivity contribution < 1.29 is 4.79 Å². The van der Waals surface area contributed by atoms with Crippen LogP contribution in [0.25, 0.3) is 0 Å². The van der Waals surface area contributed by atoms with E-state index in [1.54, 1.807) is 24.3 Å². The monoisotopic (exact) mass is 354 g/mol. The Bertz CT molecular complexity index is 663. The molecule has 1 amide bonds. The minimum Gasteiger partial charge on any atom is -0.323 e. The Morgan fingerprint density at radius 1 is 1.40 bits per heavy atom. The summed E-state index contributed by atoms with van der Waals surface area (Å²) in [7, 11) is 0. The first kappa shape index (κ1) is 14.8. The summed E-state index contributed by atoms with van der Waals surface area (Å²) in [6.07, 6.45) is 1.47. The van der Waals surface area contributed by atoms with E-state index < -0.39 is 0 Å². The first-order valence-electron chi connectivity index (χ1n) is 5.71. The summed E-state index contributed by atoms with van der Waals surface area (Å²) in [4.78, 5) is 16.3. The molecule has 0 saturated heterocycles. The maximum Gasteiger partial charge on any atom is 0.259 e. The number of carbonyl (C=O) groups excluding carboxylic acids is 1. The van der Waals surface area contributed by atoms with Crippen molar-refractivity contribution in [3.63, 3.8) is 0 Å². The maximum atomic E-state index is 12.2. The molecule has 0 fully saturated rings. The van der Waals surface area contributed by atoms with E-state index in [2.05, 4.69) is 31.7 Å². The molecule has 5 nitrogen and oxygen atoms in total. The van der Waals surface area contributed by atoms with Gasteiger partial charge in [-0.25, -0.2) is 0 Å². The van der Waals surface area contributed by atoms with E-state index in [1.807, 2.05) is 6.92 Å². The number of aryl methyl sites for hydroxylation is 1. The van der Waals surface area contributed by atoms with Gasteiger partial charge in [0.15, 0.2) is 0 Å². The number of nitrogens with two attached hydrogens (primary N) is 1. The molecule has 2 rings (SSSR count). The molecule has 0 aliphatic carbocycles. The number of halogens is 2. The lowest BCUT2D eigenvalue weighted by Gasteiger charge is -2.10. The van der Waals surface area contributed by atoms with Crippen LogP contribution in [0.3, 0.4) is 0 Å². The maximum absolute atomic E-state index is 12.2. The van der Waals surface area contributed by atoms with Crippen LogP contribution in [0.5, 0.6) is 0 Å². The normalized spacial score (nSPS) is 10.2. The highest BCUT2D eigenvalue weighted by Gasteiger charge is 2.12. The Kier molecular flexibility index (Phi) is 4.59. The molecule has 2 aromatic rings. The molecule has 0 atom stereocenters. The standard InChI is InChI=1S/C13H12BrClN4O/c1-7-4-12(19-16)9(6-17-7)13(20)18-8-2-3-10(14)11(15)5-8/h2-6H,16H2,1H3,(H,17,19)(H,18,20). The zero-order chi connectivity index (χ0) is 14.7. The number of hydrogen-bond acceptors (Lipinski definition) is 4. The summed E-state index contributed by atoms with van der Waals surface area (Å²) in [5, 5.41) is 3.26. The molecular formula is C13H12BrClN4O. The predicted octanol–water partition coefficient (Wildman–Crippen LogP) is 3.34. The summed E-state index contributed by atoms with van der Waals surface area (Å²) in [6, 6.07) is 6.85. The van der Waals surface area contributed by atoms with Crippen molar-refractivity contribution in [2.45, 2.75) is 6.92 Å². The van der Waals surface area contributed by atoms with Crippen molar-refractivity contribution in [1.82, 2.24) is 4.98 Å². The molecular weight excluding hydrogens is 344 g/mol. The lowest BCUT2D eigenvalue weighted by Crippen LogP contribution is -2.18. The number of anilines is 2. The van der Waals surface area contributed by atoms with Gasteiger partial charge in [-0.2, -0.15) is 0 Å². The van der Waals surface area contributed by atoms with E-state index in [0.717, 1.165) is 10.2 Å². The Labute approximate surface area is 129 Å².